The van der Waals surface area contributed by atoms with Gasteiger partial charge in [-0.2, -0.15) is 0 Å². The van der Waals surface area contributed by atoms with Crippen LogP contribution in [0.1, 0.15) is 32.3 Å². The van der Waals surface area contributed by atoms with Crippen LogP contribution in [0.2, 0.25) is 0 Å². The molecule has 1 amide bonds. The van der Waals surface area contributed by atoms with E-state index < -0.39 is 6.04 Å². The van der Waals surface area contributed by atoms with Crippen molar-refractivity contribution < 1.29 is 9.53 Å². The fourth-order valence-electron chi connectivity index (χ4n) is 2.22. The van der Waals surface area contributed by atoms with Gasteiger partial charge in [0, 0.05) is 12.6 Å². The number of carbonyl (C=O) groups is 1. The monoisotopic (exact) mass is 276 g/mol. The molecule has 1 aliphatic rings. The summed E-state index contributed by atoms with van der Waals surface area (Å²) in [4.78, 5) is 14.4. The van der Waals surface area contributed by atoms with Crippen LogP contribution >= 0.6 is 0 Å². The molecule has 0 heterocycles. The lowest BCUT2D eigenvalue weighted by molar-refractivity contribution is -0.134. The largest absolute Gasteiger partial charge is 0.497 e. The number of hydrogen-bond donors (Lipinski definition) is 1. The van der Waals surface area contributed by atoms with Crippen molar-refractivity contribution in [2.24, 2.45) is 11.7 Å². The molecule has 1 aliphatic carbocycles. The number of rotatable bonds is 6. The summed E-state index contributed by atoms with van der Waals surface area (Å²) in [5.41, 5.74) is 7.10. The van der Waals surface area contributed by atoms with Gasteiger partial charge in [0.05, 0.1) is 13.2 Å². The van der Waals surface area contributed by atoms with Gasteiger partial charge in [-0.15, -0.1) is 0 Å². The SMILES string of the molecule is COc1cccc(CN(C(=O)C(N)C(C)C)C2CC2)c1. The number of methoxy groups -OCH3 is 1. The topological polar surface area (TPSA) is 55.6 Å². The number of amides is 1. The lowest BCUT2D eigenvalue weighted by atomic mass is 10.0. The van der Waals surface area contributed by atoms with E-state index in [0.717, 1.165) is 24.2 Å². The molecule has 2 rings (SSSR count). The summed E-state index contributed by atoms with van der Waals surface area (Å²) in [7, 11) is 1.65. The quantitative estimate of drug-likeness (QED) is 0.866. The molecule has 110 valence electrons. The maximum Gasteiger partial charge on any atom is 0.240 e. The fourth-order valence-corrected chi connectivity index (χ4v) is 2.22. The second-order valence-electron chi connectivity index (χ2n) is 5.82. The Hall–Kier alpha value is -1.55. The Morgan fingerprint density at radius 3 is 2.70 bits per heavy atom. The van der Waals surface area contributed by atoms with Crippen LogP contribution < -0.4 is 10.5 Å². The average Bonchev–Trinajstić information content (AvgIpc) is 3.27. The molecule has 0 saturated heterocycles. The molecule has 1 unspecified atom stereocenters. The van der Waals surface area contributed by atoms with Gasteiger partial charge in [-0.25, -0.2) is 0 Å². The van der Waals surface area contributed by atoms with Crippen molar-refractivity contribution in [3.8, 4) is 5.75 Å². The highest BCUT2D eigenvalue weighted by Gasteiger charge is 2.35. The summed E-state index contributed by atoms with van der Waals surface area (Å²) in [6.45, 7) is 4.58. The molecule has 0 spiro atoms. The molecular formula is C16H24N2O2. The van der Waals surface area contributed by atoms with Crippen molar-refractivity contribution in [1.29, 1.82) is 0 Å². The van der Waals surface area contributed by atoms with Crippen molar-refractivity contribution in [3.05, 3.63) is 29.8 Å². The molecule has 1 fully saturated rings. The number of carbonyl (C=O) groups excluding carboxylic acids is 1. The van der Waals surface area contributed by atoms with Crippen LogP contribution in [0.5, 0.6) is 5.75 Å². The number of nitrogens with zero attached hydrogens (tertiary/aromatic N) is 1. The summed E-state index contributed by atoms with van der Waals surface area (Å²) >= 11 is 0. The molecule has 4 heteroatoms. The Labute approximate surface area is 120 Å². The van der Waals surface area contributed by atoms with Crippen LogP contribution in [0.4, 0.5) is 0 Å². The number of hydrogen-bond acceptors (Lipinski definition) is 3. The summed E-state index contributed by atoms with van der Waals surface area (Å²) in [5, 5.41) is 0. The first-order valence-electron chi connectivity index (χ1n) is 7.22. The van der Waals surface area contributed by atoms with Gasteiger partial charge in [-0.1, -0.05) is 26.0 Å². The van der Waals surface area contributed by atoms with E-state index in [1.165, 1.54) is 0 Å². The van der Waals surface area contributed by atoms with Crippen molar-refractivity contribution >= 4 is 5.91 Å². The zero-order chi connectivity index (χ0) is 14.7. The third-order valence-electron chi connectivity index (χ3n) is 3.76. The Bertz CT molecular complexity index is 469. The predicted octanol–water partition coefficient (Wildman–Crippen LogP) is 2.17. The second kappa shape index (κ2) is 6.27. The molecule has 0 radical (unpaired) electrons. The normalized spacial score (nSPS) is 16.1. The molecule has 1 saturated carbocycles. The van der Waals surface area contributed by atoms with Crippen LogP contribution in [0.25, 0.3) is 0 Å². The highest BCUT2D eigenvalue weighted by atomic mass is 16.5. The van der Waals surface area contributed by atoms with E-state index in [0.29, 0.717) is 12.6 Å². The van der Waals surface area contributed by atoms with E-state index in [2.05, 4.69) is 0 Å². The first-order valence-corrected chi connectivity index (χ1v) is 7.22. The van der Waals surface area contributed by atoms with Gasteiger partial charge in [0.25, 0.3) is 0 Å². The molecule has 2 N–H and O–H groups in total. The minimum absolute atomic E-state index is 0.0605. The van der Waals surface area contributed by atoms with Gasteiger partial charge in [0.15, 0.2) is 0 Å². The minimum atomic E-state index is -0.416. The van der Waals surface area contributed by atoms with E-state index >= 15 is 0 Å². The van der Waals surface area contributed by atoms with Crippen molar-refractivity contribution in [1.82, 2.24) is 4.90 Å². The Morgan fingerprint density at radius 2 is 2.15 bits per heavy atom. The molecule has 1 aromatic carbocycles. The van der Waals surface area contributed by atoms with Crippen molar-refractivity contribution in [3.63, 3.8) is 0 Å². The second-order valence-corrected chi connectivity index (χ2v) is 5.82. The zero-order valence-electron chi connectivity index (χ0n) is 12.5. The summed E-state index contributed by atoms with van der Waals surface area (Å²) in [6.07, 6.45) is 2.17. The highest BCUT2D eigenvalue weighted by molar-refractivity contribution is 5.82. The highest BCUT2D eigenvalue weighted by Crippen LogP contribution is 2.30. The first kappa shape index (κ1) is 14.9. The van der Waals surface area contributed by atoms with Crippen LogP contribution in [-0.2, 0) is 11.3 Å². The van der Waals surface area contributed by atoms with Crippen LogP contribution in [0.15, 0.2) is 24.3 Å². The van der Waals surface area contributed by atoms with Crippen LogP contribution in [-0.4, -0.2) is 30.0 Å². The molecule has 20 heavy (non-hydrogen) atoms. The van der Waals surface area contributed by atoms with Gasteiger partial charge < -0.3 is 15.4 Å². The molecule has 1 aromatic rings. The van der Waals surface area contributed by atoms with Gasteiger partial charge in [0.1, 0.15) is 5.75 Å². The maximum atomic E-state index is 12.5. The molecule has 0 bridgehead atoms. The zero-order valence-corrected chi connectivity index (χ0v) is 12.5. The van der Waals surface area contributed by atoms with E-state index in [1.807, 2.05) is 43.0 Å². The van der Waals surface area contributed by atoms with Crippen LogP contribution in [0.3, 0.4) is 0 Å². The standard InChI is InChI=1S/C16H24N2O2/c1-11(2)15(17)16(19)18(13-7-8-13)10-12-5-4-6-14(9-12)20-3/h4-6,9,11,13,15H,7-8,10,17H2,1-3H3. The lowest BCUT2D eigenvalue weighted by Crippen LogP contribution is -2.47. The van der Waals surface area contributed by atoms with Gasteiger partial charge in [0.2, 0.25) is 5.91 Å². The van der Waals surface area contributed by atoms with Crippen molar-refractivity contribution in [2.75, 3.05) is 7.11 Å². The molecule has 4 nitrogen and oxygen atoms in total. The number of ether oxygens (including phenoxy) is 1. The lowest BCUT2D eigenvalue weighted by Gasteiger charge is -2.27. The van der Waals surface area contributed by atoms with Gasteiger partial charge in [-0.05, 0) is 36.5 Å². The van der Waals surface area contributed by atoms with E-state index in [-0.39, 0.29) is 11.8 Å². The van der Waals surface area contributed by atoms with E-state index in [9.17, 15) is 4.79 Å². The van der Waals surface area contributed by atoms with Crippen LogP contribution in [0, 0.1) is 5.92 Å². The van der Waals surface area contributed by atoms with E-state index in [1.54, 1.807) is 7.11 Å². The summed E-state index contributed by atoms with van der Waals surface area (Å²) in [6, 6.07) is 7.80. The van der Waals surface area contributed by atoms with E-state index in [4.69, 9.17) is 10.5 Å². The fraction of sp³-hybridized carbons (Fsp3) is 0.562. The van der Waals surface area contributed by atoms with Gasteiger partial charge >= 0.3 is 0 Å². The Kier molecular flexibility index (Phi) is 4.65. The summed E-state index contributed by atoms with van der Waals surface area (Å²) < 4.78 is 5.23. The smallest absolute Gasteiger partial charge is 0.240 e. The Morgan fingerprint density at radius 1 is 1.45 bits per heavy atom. The number of benzene rings is 1. The third-order valence-corrected chi connectivity index (χ3v) is 3.76. The third kappa shape index (κ3) is 3.51. The predicted molar refractivity (Wildman–Crippen MR) is 79.4 cm³/mol. The minimum Gasteiger partial charge on any atom is -0.497 e. The number of nitrogens with two attached hydrogens (primary N) is 1. The maximum absolute atomic E-state index is 12.5. The molecule has 1 atom stereocenters. The molecule has 0 aromatic heterocycles. The molecule has 0 aliphatic heterocycles. The van der Waals surface area contributed by atoms with Crippen molar-refractivity contribution in [2.45, 2.75) is 45.3 Å². The molecular weight excluding hydrogens is 252 g/mol. The average molecular weight is 276 g/mol. The van der Waals surface area contributed by atoms with Gasteiger partial charge in [-0.3, -0.25) is 4.79 Å². The summed E-state index contributed by atoms with van der Waals surface area (Å²) in [5.74, 6) is 1.04. The first-order chi connectivity index (χ1) is 9.52. The Balaban J connectivity index is 2.11.